The normalized spacial score (nSPS) is 10.7. The Labute approximate surface area is 130 Å². The molecule has 0 aliphatic rings. The maximum absolute atomic E-state index is 6.24. The molecule has 0 radical (unpaired) electrons. The first-order valence-corrected chi connectivity index (χ1v) is 7.40. The molecule has 0 spiro atoms. The Hall–Kier alpha value is -1.18. The molecule has 0 unspecified atom stereocenters. The van der Waals surface area contributed by atoms with E-state index < -0.39 is 0 Å². The van der Waals surface area contributed by atoms with Crippen molar-refractivity contribution in [3.05, 3.63) is 62.1 Å². The van der Waals surface area contributed by atoms with Crippen molar-refractivity contribution in [3.63, 3.8) is 0 Å². The quantitative estimate of drug-likeness (QED) is 0.751. The molecule has 3 heteroatoms. The Morgan fingerprint density at radius 3 is 2.10 bits per heavy atom. The standard InChI is InChI=1S/C17H19Cl2N/c1-10-5-12(3)14(6-11(10)2)9-20-17-8-15(18)13(4)7-16(17)19/h5-8,20H,9H2,1-4H3. The van der Waals surface area contributed by atoms with Crippen molar-refractivity contribution in [1.29, 1.82) is 0 Å². The molecule has 20 heavy (non-hydrogen) atoms. The van der Waals surface area contributed by atoms with Gasteiger partial charge in [0.05, 0.1) is 10.7 Å². The van der Waals surface area contributed by atoms with Crippen LogP contribution in [0.1, 0.15) is 27.8 Å². The summed E-state index contributed by atoms with van der Waals surface area (Å²) in [4.78, 5) is 0. The second-order valence-electron chi connectivity index (χ2n) is 5.30. The van der Waals surface area contributed by atoms with Gasteiger partial charge in [-0.3, -0.25) is 0 Å². The Morgan fingerprint density at radius 2 is 1.40 bits per heavy atom. The lowest BCUT2D eigenvalue weighted by Crippen LogP contribution is -2.03. The minimum absolute atomic E-state index is 0.702. The predicted molar refractivity (Wildman–Crippen MR) is 89.2 cm³/mol. The molecule has 2 aromatic rings. The fraction of sp³-hybridized carbons (Fsp3) is 0.294. The van der Waals surface area contributed by atoms with E-state index in [-0.39, 0.29) is 0 Å². The molecule has 106 valence electrons. The Bertz CT molecular complexity index is 590. The van der Waals surface area contributed by atoms with Crippen molar-refractivity contribution in [2.24, 2.45) is 0 Å². The van der Waals surface area contributed by atoms with Crippen molar-refractivity contribution < 1.29 is 0 Å². The number of hydrogen-bond donors (Lipinski definition) is 1. The zero-order valence-corrected chi connectivity index (χ0v) is 13.8. The number of nitrogens with one attached hydrogen (secondary N) is 1. The van der Waals surface area contributed by atoms with Crippen molar-refractivity contribution in [1.82, 2.24) is 0 Å². The van der Waals surface area contributed by atoms with E-state index >= 15 is 0 Å². The summed E-state index contributed by atoms with van der Waals surface area (Å²) in [7, 11) is 0. The zero-order valence-electron chi connectivity index (χ0n) is 12.3. The molecule has 1 N–H and O–H groups in total. The van der Waals surface area contributed by atoms with Crippen molar-refractivity contribution in [2.45, 2.75) is 34.2 Å². The first-order chi connectivity index (χ1) is 9.38. The summed E-state index contributed by atoms with van der Waals surface area (Å²) in [6, 6.07) is 8.21. The van der Waals surface area contributed by atoms with E-state index in [9.17, 15) is 0 Å². The van der Waals surface area contributed by atoms with Gasteiger partial charge in [-0.25, -0.2) is 0 Å². The average molecular weight is 308 g/mol. The van der Waals surface area contributed by atoms with Crippen molar-refractivity contribution >= 4 is 28.9 Å². The van der Waals surface area contributed by atoms with Crippen LogP contribution in [0.25, 0.3) is 0 Å². The van der Waals surface area contributed by atoms with Crippen LogP contribution < -0.4 is 5.32 Å². The summed E-state index contributed by atoms with van der Waals surface area (Å²) in [5.74, 6) is 0. The van der Waals surface area contributed by atoms with Crippen LogP contribution in [0.4, 0.5) is 5.69 Å². The largest absolute Gasteiger partial charge is 0.380 e. The van der Waals surface area contributed by atoms with Crippen LogP contribution in [0.5, 0.6) is 0 Å². The highest BCUT2D eigenvalue weighted by molar-refractivity contribution is 6.35. The third-order valence-corrected chi connectivity index (χ3v) is 4.39. The zero-order chi connectivity index (χ0) is 14.9. The van der Waals surface area contributed by atoms with E-state index in [1.54, 1.807) is 0 Å². The second-order valence-corrected chi connectivity index (χ2v) is 6.11. The van der Waals surface area contributed by atoms with Crippen LogP contribution in [0, 0.1) is 27.7 Å². The van der Waals surface area contributed by atoms with Crippen LogP contribution in [-0.4, -0.2) is 0 Å². The molecule has 0 fully saturated rings. The Balaban J connectivity index is 2.21. The van der Waals surface area contributed by atoms with Gasteiger partial charge in [0.2, 0.25) is 0 Å². The van der Waals surface area contributed by atoms with E-state index in [0.717, 1.165) is 22.8 Å². The number of halogens is 2. The van der Waals surface area contributed by atoms with Crippen molar-refractivity contribution in [3.8, 4) is 0 Å². The van der Waals surface area contributed by atoms with Gasteiger partial charge in [-0.05, 0) is 67.6 Å². The average Bonchev–Trinajstić information content (AvgIpc) is 2.37. The molecular formula is C17H19Cl2N. The Morgan fingerprint density at radius 1 is 0.750 bits per heavy atom. The fourth-order valence-electron chi connectivity index (χ4n) is 2.18. The first-order valence-electron chi connectivity index (χ1n) is 6.64. The summed E-state index contributed by atoms with van der Waals surface area (Å²) in [5.41, 5.74) is 7.06. The van der Waals surface area contributed by atoms with Crippen LogP contribution in [0.3, 0.4) is 0 Å². The monoisotopic (exact) mass is 307 g/mol. The molecule has 0 heterocycles. The SMILES string of the molecule is Cc1cc(C)c(CNc2cc(Cl)c(C)cc2Cl)cc1C. The van der Waals surface area contributed by atoms with Crippen LogP contribution in [0.2, 0.25) is 10.0 Å². The number of benzene rings is 2. The second kappa shape index (κ2) is 6.07. The fourth-order valence-corrected chi connectivity index (χ4v) is 2.63. The maximum atomic E-state index is 6.24. The smallest absolute Gasteiger partial charge is 0.0641 e. The van der Waals surface area contributed by atoms with Gasteiger partial charge >= 0.3 is 0 Å². The highest BCUT2D eigenvalue weighted by Gasteiger charge is 2.06. The van der Waals surface area contributed by atoms with E-state index in [2.05, 4.69) is 38.2 Å². The first kappa shape index (κ1) is 15.2. The van der Waals surface area contributed by atoms with E-state index in [1.807, 2.05) is 19.1 Å². The molecule has 0 aromatic heterocycles. The lowest BCUT2D eigenvalue weighted by Gasteiger charge is -2.13. The van der Waals surface area contributed by atoms with Crippen molar-refractivity contribution in [2.75, 3.05) is 5.32 Å². The molecule has 0 saturated heterocycles. The van der Waals surface area contributed by atoms with Gasteiger partial charge in [0.15, 0.2) is 0 Å². The molecular weight excluding hydrogens is 289 g/mol. The van der Waals surface area contributed by atoms with Crippen LogP contribution in [0.15, 0.2) is 24.3 Å². The third kappa shape index (κ3) is 3.28. The molecule has 2 rings (SSSR count). The topological polar surface area (TPSA) is 12.0 Å². The molecule has 1 nitrogen and oxygen atoms in total. The van der Waals surface area contributed by atoms with Gasteiger partial charge in [0.25, 0.3) is 0 Å². The lowest BCUT2D eigenvalue weighted by atomic mass is 10.0. The number of anilines is 1. The molecule has 0 saturated carbocycles. The van der Waals surface area contributed by atoms with Gasteiger partial charge in [-0.2, -0.15) is 0 Å². The Kier molecular flexibility index (Phi) is 4.62. The molecule has 0 aliphatic heterocycles. The summed E-state index contributed by atoms with van der Waals surface area (Å²) < 4.78 is 0. The molecule has 0 amide bonds. The predicted octanol–water partition coefficient (Wildman–Crippen LogP) is 5.84. The summed E-state index contributed by atoms with van der Waals surface area (Å²) in [5, 5.41) is 4.80. The highest BCUT2D eigenvalue weighted by atomic mass is 35.5. The van der Waals surface area contributed by atoms with Gasteiger partial charge in [-0.15, -0.1) is 0 Å². The summed E-state index contributed by atoms with van der Waals surface area (Å²) >= 11 is 12.4. The minimum atomic E-state index is 0.702. The summed E-state index contributed by atoms with van der Waals surface area (Å²) in [6.07, 6.45) is 0. The maximum Gasteiger partial charge on any atom is 0.0641 e. The number of rotatable bonds is 3. The van der Waals surface area contributed by atoms with Gasteiger partial charge < -0.3 is 5.32 Å². The molecule has 0 bridgehead atoms. The molecule has 2 aromatic carbocycles. The van der Waals surface area contributed by atoms with Gasteiger partial charge in [0, 0.05) is 11.6 Å². The van der Waals surface area contributed by atoms with Crippen LogP contribution in [-0.2, 0) is 6.54 Å². The molecule has 0 atom stereocenters. The minimum Gasteiger partial charge on any atom is -0.380 e. The van der Waals surface area contributed by atoms with E-state index in [4.69, 9.17) is 23.2 Å². The highest BCUT2D eigenvalue weighted by Crippen LogP contribution is 2.29. The van der Waals surface area contributed by atoms with E-state index in [0.29, 0.717) is 5.02 Å². The number of hydrogen-bond acceptors (Lipinski definition) is 1. The summed E-state index contributed by atoms with van der Waals surface area (Å²) in [6.45, 7) is 9.09. The van der Waals surface area contributed by atoms with Gasteiger partial charge in [-0.1, -0.05) is 35.3 Å². The van der Waals surface area contributed by atoms with Crippen LogP contribution >= 0.6 is 23.2 Å². The number of aryl methyl sites for hydroxylation is 4. The molecule has 0 aliphatic carbocycles. The van der Waals surface area contributed by atoms with Gasteiger partial charge in [0.1, 0.15) is 0 Å². The lowest BCUT2D eigenvalue weighted by molar-refractivity contribution is 1.10. The third-order valence-electron chi connectivity index (χ3n) is 3.67. The van der Waals surface area contributed by atoms with E-state index in [1.165, 1.54) is 22.3 Å².